The molecule has 10 nitrogen and oxygen atoms in total. The molecule has 0 aliphatic heterocycles. The van der Waals surface area contributed by atoms with E-state index in [2.05, 4.69) is 15.3 Å². The fourth-order valence-corrected chi connectivity index (χ4v) is 4.77. The van der Waals surface area contributed by atoms with Gasteiger partial charge in [0, 0.05) is 16.9 Å². The van der Waals surface area contributed by atoms with Gasteiger partial charge < -0.3 is 21.3 Å². The summed E-state index contributed by atoms with van der Waals surface area (Å²) in [5.74, 6) is -2.80. The number of nitrogens with one attached hydrogen (secondary N) is 2. The van der Waals surface area contributed by atoms with Gasteiger partial charge in [-0.25, -0.2) is 9.78 Å². The Bertz CT molecular complexity index is 1250. The third-order valence-electron chi connectivity index (χ3n) is 5.58. The zero-order chi connectivity index (χ0) is 25.4. The molecule has 2 heterocycles. The fourth-order valence-electron chi connectivity index (χ4n) is 3.69. The van der Waals surface area contributed by atoms with Crippen LogP contribution in [0, 0.1) is 0 Å². The van der Waals surface area contributed by atoms with E-state index in [4.69, 9.17) is 10.8 Å². The first kappa shape index (κ1) is 25.9. The highest BCUT2D eigenvalue weighted by Gasteiger charge is 2.21. The monoisotopic (exact) mass is 500 g/mol. The molecular weight excluding hydrogens is 472 g/mol. The second kappa shape index (κ2) is 12.1. The zero-order valence-electron chi connectivity index (χ0n) is 19.1. The third-order valence-corrected chi connectivity index (χ3v) is 6.67. The predicted molar refractivity (Wildman–Crippen MR) is 133 cm³/mol. The number of amides is 1. The summed E-state index contributed by atoms with van der Waals surface area (Å²) < 4.78 is 0. The van der Waals surface area contributed by atoms with E-state index in [1.165, 1.54) is 11.3 Å². The van der Waals surface area contributed by atoms with E-state index in [1.54, 1.807) is 12.1 Å². The van der Waals surface area contributed by atoms with Crippen LogP contribution in [0.4, 0.5) is 5.95 Å². The average molecular weight is 501 g/mol. The van der Waals surface area contributed by atoms with Crippen molar-refractivity contribution in [2.75, 3.05) is 5.73 Å². The number of benzene rings is 1. The zero-order valence-corrected chi connectivity index (χ0v) is 19.9. The molecule has 0 aliphatic rings. The second-order valence-electron chi connectivity index (χ2n) is 8.29. The molecule has 0 spiro atoms. The molecule has 186 valence electrons. The molecule has 3 rings (SSSR count). The van der Waals surface area contributed by atoms with Gasteiger partial charge in [0.2, 0.25) is 5.95 Å². The van der Waals surface area contributed by atoms with Crippen LogP contribution < -0.4 is 16.6 Å². The standard InChI is InChI=1S/C24H28N4O6S/c25-24-27-21(32)17-13-16(35-22(17)28-24)6-4-2-1-3-5-14-7-9-15(10-8-14)20(31)26-18(23(33)34)11-12-19(29)30/h7-10,13,18H,1-6,11-12H2,(H,26,31)(H,29,30)(H,33,34)(H3,25,27,28,32)/t18-/m0/s1. The number of nitrogen functional groups attached to an aromatic ring is 1. The van der Waals surface area contributed by atoms with Gasteiger partial charge >= 0.3 is 11.9 Å². The molecule has 1 atom stereocenters. The topological polar surface area (TPSA) is 175 Å². The van der Waals surface area contributed by atoms with E-state index in [0.29, 0.717) is 15.8 Å². The van der Waals surface area contributed by atoms with Crippen LogP contribution in [0.1, 0.15) is 59.3 Å². The van der Waals surface area contributed by atoms with Crippen LogP contribution in [0.3, 0.4) is 0 Å². The van der Waals surface area contributed by atoms with Crippen molar-refractivity contribution in [3.8, 4) is 0 Å². The van der Waals surface area contributed by atoms with E-state index in [-0.39, 0.29) is 24.3 Å². The molecule has 0 aliphatic carbocycles. The molecule has 0 radical (unpaired) electrons. The number of thiophene rings is 1. The highest BCUT2D eigenvalue weighted by Crippen LogP contribution is 2.23. The second-order valence-corrected chi connectivity index (χ2v) is 9.41. The molecule has 1 aromatic carbocycles. The van der Waals surface area contributed by atoms with Crippen molar-refractivity contribution < 1.29 is 24.6 Å². The summed E-state index contributed by atoms with van der Waals surface area (Å²) in [7, 11) is 0. The summed E-state index contributed by atoms with van der Waals surface area (Å²) in [6.07, 6.45) is 5.32. The maximum atomic E-state index is 12.3. The van der Waals surface area contributed by atoms with Crippen molar-refractivity contribution in [1.82, 2.24) is 15.3 Å². The molecule has 0 bridgehead atoms. The third kappa shape index (κ3) is 7.64. The van der Waals surface area contributed by atoms with E-state index in [1.807, 2.05) is 18.2 Å². The highest BCUT2D eigenvalue weighted by atomic mass is 32.1. The van der Waals surface area contributed by atoms with Crippen molar-refractivity contribution in [3.05, 3.63) is 56.7 Å². The van der Waals surface area contributed by atoms with Gasteiger partial charge in [0.1, 0.15) is 10.9 Å². The minimum atomic E-state index is -1.27. The molecule has 0 saturated heterocycles. The maximum Gasteiger partial charge on any atom is 0.326 e. The number of unbranched alkanes of at least 4 members (excludes halogenated alkanes) is 3. The molecule has 1 amide bonds. The van der Waals surface area contributed by atoms with E-state index < -0.39 is 23.9 Å². The summed E-state index contributed by atoms with van der Waals surface area (Å²) >= 11 is 1.50. The van der Waals surface area contributed by atoms with Crippen LogP contribution in [0.15, 0.2) is 35.1 Å². The number of carboxylic acid groups (broad SMARTS) is 2. The first-order valence-corrected chi connectivity index (χ1v) is 12.2. The molecule has 35 heavy (non-hydrogen) atoms. The quantitative estimate of drug-likeness (QED) is 0.223. The van der Waals surface area contributed by atoms with E-state index in [0.717, 1.165) is 49.0 Å². The first-order chi connectivity index (χ1) is 16.7. The summed E-state index contributed by atoms with van der Waals surface area (Å²) in [6.45, 7) is 0. The molecule has 6 N–H and O–H groups in total. The highest BCUT2D eigenvalue weighted by molar-refractivity contribution is 7.18. The number of nitrogens with two attached hydrogens (primary N) is 1. The number of rotatable bonds is 13. The number of aromatic amines is 1. The van der Waals surface area contributed by atoms with Crippen LogP contribution in [0.2, 0.25) is 0 Å². The SMILES string of the molecule is Nc1nc2sc(CCCCCCc3ccc(C(=O)N[C@@H](CCC(=O)O)C(=O)O)cc3)cc2c(=O)[nH]1. The Morgan fingerprint density at radius 3 is 2.40 bits per heavy atom. The van der Waals surface area contributed by atoms with Crippen molar-refractivity contribution in [2.24, 2.45) is 0 Å². The Kier molecular flexibility index (Phi) is 8.96. The lowest BCUT2D eigenvalue weighted by Gasteiger charge is -2.13. The summed E-state index contributed by atoms with van der Waals surface area (Å²) in [4.78, 5) is 54.6. The van der Waals surface area contributed by atoms with Crippen molar-refractivity contribution in [1.29, 1.82) is 0 Å². The fraction of sp³-hybridized carbons (Fsp3) is 0.375. The van der Waals surface area contributed by atoms with Gasteiger partial charge in [-0.1, -0.05) is 25.0 Å². The van der Waals surface area contributed by atoms with E-state index >= 15 is 0 Å². The molecule has 0 saturated carbocycles. The van der Waals surface area contributed by atoms with Crippen LogP contribution >= 0.6 is 11.3 Å². The van der Waals surface area contributed by atoms with Crippen LogP contribution in [0.5, 0.6) is 0 Å². The minimum Gasteiger partial charge on any atom is -0.481 e. The number of nitrogens with zero attached hydrogens (tertiary/aromatic N) is 1. The molecule has 3 aromatic rings. The number of aryl methyl sites for hydroxylation is 2. The number of carboxylic acids is 2. The van der Waals surface area contributed by atoms with Crippen LogP contribution in [-0.4, -0.2) is 44.1 Å². The number of H-pyrrole nitrogens is 1. The van der Waals surface area contributed by atoms with Gasteiger partial charge in [-0.15, -0.1) is 11.3 Å². The van der Waals surface area contributed by atoms with Crippen molar-refractivity contribution in [2.45, 2.75) is 57.4 Å². The molecule has 11 heteroatoms. The van der Waals surface area contributed by atoms with Crippen LogP contribution in [0.25, 0.3) is 10.2 Å². The lowest BCUT2D eigenvalue weighted by Crippen LogP contribution is -2.41. The molecule has 2 aromatic heterocycles. The van der Waals surface area contributed by atoms with Crippen molar-refractivity contribution >= 4 is 45.3 Å². The Morgan fingerprint density at radius 1 is 1.06 bits per heavy atom. The van der Waals surface area contributed by atoms with Gasteiger partial charge in [0.05, 0.1) is 5.39 Å². The summed E-state index contributed by atoms with van der Waals surface area (Å²) in [6, 6.07) is 7.61. The smallest absolute Gasteiger partial charge is 0.326 e. The van der Waals surface area contributed by atoms with Gasteiger partial charge in [0.15, 0.2) is 0 Å². The Hall–Kier alpha value is -3.73. The minimum absolute atomic E-state index is 0.129. The Labute approximate surface area is 205 Å². The lowest BCUT2D eigenvalue weighted by molar-refractivity contribution is -0.140. The number of hydrogen-bond acceptors (Lipinski definition) is 7. The van der Waals surface area contributed by atoms with Gasteiger partial charge in [0.25, 0.3) is 11.5 Å². The Balaban J connectivity index is 1.39. The van der Waals surface area contributed by atoms with Gasteiger partial charge in [-0.2, -0.15) is 0 Å². The van der Waals surface area contributed by atoms with Crippen molar-refractivity contribution in [3.63, 3.8) is 0 Å². The van der Waals surface area contributed by atoms with Crippen LogP contribution in [-0.2, 0) is 22.4 Å². The normalized spacial score (nSPS) is 11.9. The number of aliphatic carboxylic acids is 2. The largest absolute Gasteiger partial charge is 0.481 e. The van der Waals surface area contributed by atoms with Gasteiger partial charge in [-0.3, -0.25) is 19.4 Å². The predicted octanol–water partition coefficient (Wildman–Crippen LogP) is 2.96. The number of carbonyl (C=O) groups is 3. The number of carbonyl (C=O) groups excluding carboxylic acids is 1. The summed E-state index contributed by atoms with van der Waals surface area (Å²) in [5, 5.41) is 20.8. The average Bonchev–Trinajstić information content (AvgIpc) is 3.22. The number of anilines is 1. The lowest BCUT2D eigenvalue weighted by atomic mass is 10.0. The number of fused-ring (bicyclic) bond motifs is 1. The Morgan fingerprint density at radius 2 is 1.74 bits per heavy atom. The molecule has 0 fully saturated rings. The van der Waals surface area contributed by atoms with E-state index in [9.17, 15) is 24.3 Å². The number of hydrogen-bond donors (Lipinski definition) is 5. The first-order valence-electron chi connectivity index (χ1n) is 11.4. The van der Waals surface area contributed by atoms with Gasteiger partial charge in [-0.05, 0) is 55.9 Å². The molecular formula is C24H28N4O6S. The maximum absolute atomic E-state index is 12.3. The number of aromatic nitrogens is 2. The molecule has 0 unspecified atom stereocenters. The summed E-state index contributed by atoms with van der Waals surface area (Å²) in [5.41, 5.74) is 6.79.